The van der Waals surface area contributed by atoms with E-state index in [4.69, 9.17) is 17.6 Å². The SMILES string of the molecule is Sc1c(-c2ccccc2)cc2sc(-c3ccccc3)nc2c1N(c1ccc(-c2ccccc2)cc1)c1ccc(-c2ccc(-c3ccccc3)c3ccccc23)cc1. The highest BCUT2D eigenvalue weighted by molar-refractivity contribution is 7.80. The van der Waals surface area contributed by atoms with E-state index >= 15 is 0 Å². The highest BCUT2D eigenvalue weighted by Crippen LogP contribution is 2.49. The van der Waals surface area contributed by atoms with Crippen LogP contribution in [0.25, 0.3) is 76.1 Å². The van der Waals surface area contributed by atoms with Gasteiger partial charge in [0.2, 0.25) is 0 Å². The molecule has 1 heterocycles. The van der Waals surface area contributed by atoms with Gasteiger partial charge in [-0.3, -0.25) is 0 Å². The van der Waals surface area contributed by atoms with Crippen LogP contribution in [-0.4, -0.2) is 4.98 Å². The molecule has 270 valence electrons. The summed E-state index contributed by atoms with van der Waals surface area (Å²) < 4.78 is 1.10. The third-order valence-corrected chi connectivity index (χ3v) is 12.1. The number of nitrogens with zero attached hydrogens (tertiary/aromatic N) is 2. The minimum Gasteiger partial charge on any atom is -0.307 e. The standard InChI is InChI=1S/C53H36N2S2/c56-52-48(39-19-9-3-10-20-39)35-49-50(54-53(57-49)41-21-11-4-12-22-41)51(52)55(42-29-25-37(26-30-42)36-15-5-1-6-16-36)43-31-27-40(28-32-43)45-34-33-44(38-17-7-2-8-18-38)46-23-13-14-24-47(45)46/h1-35,56H. The maximum atomic E-state index is 5.39. The van der Waals surface area contributed by atoms with E-state index in [1.807, 2.05) is 6.07 Å². The topological polar surface area (TPSA) is 16.1 Å². The predicted octanol–water partition coefficient (Wildman–Crippen LogP) is 15.5. The number of rotatable bonds is 8. The lowest BCUT2D eigenvalue weighted by atomic mass is 9.92. The van der Waals surface area contributed by atoms with Gasteiger partial charge in [0.1, 0.15) is 10.5 Å². The number of thiazole rings is 1. The maximum absolute atomic E-state index is 5.39. The molecular weight excluding hydrogens is 729 g/mol. The second-order valence-corrected chi connectivity index (χ2v) is 15.6. The first-order valence-corrected chi connectivity index (χ1v) is 20.4. The van der Waals surface area contributed by atoms with Crippen LogP contribution in [-0.2, 0) is 0 Å². The fourth-order valence-corrected chi connectivity index (χ4v) is 9.26. The fraction of sp³-hybridized carbons (Fsp3) is 0. The first kappa shape index (κ1) is 34.7. The van der Waals surface area contributed by atoms with E-state index in [-0.39, 0.29) is 0 Å². The van der Waals surface area contributed by atoms with Gasteiger partial charge >= 0.3 is 0 Å². The van der Waals surface area contributed by atoms with Crippen LogP contribution in [0, 0.1) is 0 Å². The Morgan fingerprint density at radius 2 is 0.789 bits per heavy atom. The summed E-state index contributed by atoms with van der Waals surface area (Å²) in [6.07, 6.45) is 0. The highest BCUT2D eigenvalue weighted by atomic mass is 32.1. The van der Waals surface area contributed by atoms with Crippen molar-refractivity contribution in [3.05, 3.63) is 212 Å². The van der Waals surface area contributed by atoms with Crippen LogP contribution < -0.4 is 4.90 Å². The molecule has 0 N–H and O–H groups in total. The largest absolute Gasteiger partial charge is 0.307 e. The van der Waals surface area contributed by atoms with Gasteiger partial charge in [0, 0.05) is 21.8 Å². The summed E-state index contributed by atoms with van der Waals surface area (Å²) in [6.45, 7) is 0. The quantitative estimate of drug-likeness (QED) is 0.155. The molecule has 0 aliphatic carbocycles. The minimum absolute atomic E-state index is 0.873. The summed E-state index contributed by atoms with van der Waals surface area (Å²) in [5.41, 5.74) is 14.3. The first-order chi connectivity index (χ1) is 28.2. The van der Waals surface area contributed by atoms with E-state index < -0.39 is 0 Å². The average Bonchev–Trinajstić information content (AvgIpc) is 3.72. The third kappa shape index (κ3) is 6.59. The van der Waals surface area contributed by atoms with Crippen LogP contribution in [0.3, 0.4) is 0 Å². The fourth-order valence-electron chi connectivity index (χ4n) is 7.84. The second-order valence-electron chi connectivity index (χ2n) is 14.1. The molecule has 0 saturated carbocycles. The van der Waals surface area contributed by atoms with E-state index in [1.54, 1.807) is 11.3 Å². The van der Waals surface area contributed by atoms with Gasteiger partial charge in [-0.25, -0.2) is 4.98 Å². The molecule has 0 aliphatic rings. The summed E-state index contributed by atoms with van der Waals surface area (Å²) in [5, 5.41) is 3.44. The van der Waals surface area contributed by atoms with Crippen molar-refractivity contribution in [3.63, 3.8) is 0 Å². The molecule has 0 spiro atoms. The number of thiol groups is 1. The molecule has 0 amide bonds. The molecule has 2 nitrogen and oxygen atoms in total. The van der Waals surface area contributed by atoms with Crippen molar-refractivity contribution in [2.24, 2.45) is 0 Å². The van der Waals surface area contributed by atoms with E-state index in [9.17, 15) is 0 Å². The van der Waals surface area contributed by atoms with E-state index in [0.717, 1.165) is 65.0 Å². The Hall–Kier alpha value is -6.72. The lowest BCUT2D eigenvalue weighted by molar-refractivity contribution is 1.24. The summed E-state index contributed by atoms with van der Waals surface area (Å²) in [6, 6.07) is 75.5. The highest BCUT2D eigenvalue weighted by Gasteiger charge is 2.25. The van der Waals surface area contributed by atoms with Gasteiger partial charge in [-0.05, 0) is 85.6 Å². The number of aromatic nitrogens is 1. The van der Waals surface area contributed by atoms with Crippen molar-refractivity contribution in [2.45, 2.75) is 4.90 Å². The Kier molecular flexibility index (Phi) is 9.19. The van der Waals surface area contributed by atoms with E-state index in [2.05, 4.69) is 211 Å². The summed E-state index contributed by atoms with van der Waals surface area (Å²) in [7, 11) is 0. The number of hydrogen-bond acceptors (Lipinski definition) is 4. The average molecular weight is 765 g/mol. The van der Waals surface area contributed by atoms with Crippen molar-refractivity contribution in [1.82, 2.24) is 4.98 Å². The molecular formula is C53H36N2S2. The van der Waals surface area contributed by atoms with E-state index in [0.29, 0.717) is 0 Å². The van der Waals surface area contributed by atoms with Crippen LogP contribution in [0.2, 0.25) is 0 Å². The molecule has 9 aromatic carbocycles. The van der Waals surface area contributed by atoms with Crippen LogP contribution in [0.4, 0.5) is 17.1 Å². The van der Waals surface area contributed by atoms with Gasteiger partial charge in [0.05, 0.1) is 10.4 Å². The van der Waals surface area contributed by atoms with Crippen LogP contribution in [0.1, 0.15) is 0 Å². The Morgan fingerprint density at radius 1 is 0.386 bits per heavy atom. The van der Waals surface area contributed by atoms with Crippen molar-refractivity contribution in [3.8, 4) is 55.1 Å². The van der Waals surface area contributed by atoms with Crippen molar-refractivity contribution < 1.29 is 0 Å². The molecule has 1 aromatic heterocycles. The molecule has 0 fully saturated rings. The van der Waals surface area contributed by atoms with Crippen LogP contribution in [0.15, 0.2) is 217 Å². The normalized spacial score (nSPS) is 11.2. The first-order valence-electron chi connectivity index (χ1n) is 19.1. The molecule has 0 bridgehead atoms. The van der Waals surface area contributed by atoms with Crippen LogP contribution >= 0.6 is 24.0 Å². The smallest absolute Gasteiger partial charge is 0.124 e. The van der Waals surface area contributed by atoms with E-state index in [1.165, 1.54) is 33.0 Å². The van der Waals surface area contributed by atoms with Gasteiger partial charge in [-0.2, -0.15) is 0 Å². The summed E-state index contributed by atoms with van der Waals surface area (Å²) in [4.78, 5) is 8.58. The Bertz CT molecular complexity index is 2980. The number of fused-ring (bicyclic) bond motifs is 2. The van der Waals surface area contributed by atoms with Gasteiger partial charge in [-0.15, -0.1) is 24.0 Å². The molecule has 0 aliphatic heterocycles. The van der Waals surface area contributed by atoms with Crippen molar-refractivity contribution in [1.29, 1.82) is 0 Å². The molecule has 4 heteroatoms. The number of anilines is 3. The molecule has 10 aromatic rings. The predicted molar refractivity (Wildman–Crippen MR) is 246 cm³/mol. The monoisotopic (exact) mass is 764 g/mol. The lowest BCUT2D eigenvalue weighted by Crippen LogP contribution is -2.12. The minimum atomic E-state index is 0.873. The molecule has 0 saturated heterocycles. The Labute approximate surface area is 342 Å². The van der Waals surface area contributed by atoms with Crippen molar-refractivity contribution in [2.75, 3.05) is 4.90 Å². The molecule has 10 rings (SSSR count). The molecule has 0 radical (unpaired) electrons. The van der Waals surface area contributed by atoms with Gasteiger partial charge < -0.3 is 4.90 Å². The zero-order chi connectivity index (χ0) is 38.1. The lowest BCUT2D eigenvalue weighted by Gasteiger charge is -2.28. The Balaban J connectivity index is 1.16. The second kappa shape index (κ2) is 15.1. The van der Waals surface area contributed by atoms with Crippen LogP contribution in [0.5, 0.6) is 0 Å². The Morgan fingerprint density at radius 3 is 1.32 bits per heavy atom. The van der Waals surface area contributed by atoms with Gasteiger partial charge in [0.25, 0.3) is 0 Å². The third-order valence-electron chi connectivity index (χ3n) is 10.6. The molecule has 0 unspecified atom stereocenters. The molecule has 57 heavy (non-hydrogen) atoms. The molecule has 0 atom stereocenters. The zero-order valence-corrected chi connectivity index (χ0v) is 32.7. The number of benzene rings is 9. The zero-order valence-electron chi connectivity index (χ0n) is 31.0. The van der Waals surface area contributed by atoms with Gasteiger partial charge in [0.15, 0.2) is 0 Å². The van der Waals surface area contributed by atoms with Gasteiger partial charge in [-0.1, -0.05) is 182 Å². The number of hydrogen-bond donors (Lipinski definition) is 1. The summed E-state index contributed by atoms with van der Waals surface area (Å²) >= 11 is 7.11. The summed E-state index contributed by atoms with van der Waals surface area (Å²) in [5.74, 6) is 0. The van der Waals surface area contributed by atoms with Crippen molar-refractivity contribution >= 4 is 62.0 Å². The maximum Gasteiger partial charge on any atom is 0.124 e.